The smallest absolute Gasteiger partial charge is 0.243 e. The van der Waals surface area contributed by atoms with Gasteiger partial charge in [-0.25, -0.2) is 13.4 Å². The number of hydrogen-bond donors (Lipinski definition) is 0. The van der Waals surface area contributed by atoms with Gasteiger partial charge in [0.15, 0.2) is 0 Å². The van der Waals surface area contributed by atoms with Gasteiger partial charge in [0.2, 0.25) is 10.0 Å². The minimum Gasteiger partial charge on any atom is -0.497 e. The van der Waals surface area contributed by atoms with Crippen LogP contribution in [-0.4, -0.2) is 36.5 Å². The first-order chi connectivity index (χ1) is 19.5. The molecule has 202 valence electrons. The molecule has 6 rings (SSSR count). The van der Waals surface area contributed by atoms with Crippen LogP contribution in [0.15, 0.2) is 114 Å². The Morgan fingerprint density at radius 2 is 1.43 bits per heavy atom. The first-order valence-corrected chi connectivity index (χ1v) is 14.4. The number of rotatable bonds is 9. The molecule has 0 spiro atoms. The van der Waals surface area contributed by atoms with Crippen molar-refractivity contribution in [1.82, 2.24) is 13.9 Å². The highest BCUT2D eigenvalue weighted by Crippen LogP contribution is 2.43. The Balaban J connectivity index is 1.38. The fourth-order valence-corrected chi connectivity index (χ4v) is 6.74. The molecule has 0 radical (unpaired) electrons. The molecule has 1 aliphatic heterocycles. The van der Waals surface area contributed by atoms with Gasteiger partial charge in [-0.3, -0.25) is 0 Å². The largest absolute Gasteiger partial charge is 0.497 e. The lowest BCUT2D eigenvalue weighted by atomic mass is 9.97. The molecule has 0 N–H and O–H groups in total. The maximum absolute atomic E-state index is 14.3. The molecule has 0 saturated heterocycles. The molecule has 0 amide bonds. The minimum absolute atomic E-state index is 0.152. The number of aromatic nitrogens is 2. The van der Waals surface area contributed by atoms with Gasteiger partial charge < -0.3 is 14.0 Å². The van der Waals surface area contributed by atoms with Gasteiger partial charge in [-0.2, -0.15) is 4.31 Å². The summed E-state index contributed by atoms with van der Waals surface area (Å²) in [6.45, 7) is 0.418. The van der Waals surface area contributed by atoms with Crippen LogP contribution in [-0.2, 0) is 23.1 Å². The number of imidazole rings is 1. The highest BCUT2D eigenvalue weighted by atomic mass is 32.2. The van der Waals surface area contributed by atoms with Crippen molar-refractivity contribution >= 4 is 10.0 Å². The van der Waals surface area contributed by atoms with Crippen LogP contribution >= 0.6 is 0 Å². The predicted molar refractivity (Wildman–Crippen MR) is 154 cm³/mol. The summed E-state index contributed by atoms with van der Waals surface area (Å²) >= 11 is 0. The van der Waals surface area contributed by atoms with Crippen molar-refractivity contribution in [3.63, 3.8) is 0 Å². The third-order valence-corrected chi connectivity index (χ3v) is 9.11. The van der Waals surface area contributed by atoms with Gasteiger partial charge >= 0.3 is 0 Å². The van der Waals surface area contributed by atoms with E-state index in [9.17, 15) is 8.42 Å². The molecular formula is C32H29N3O4S. The number of hydrogen-bond acceptors (Lipinski definition) is 5. The fourth-order valence-electron chi connectivity index (χ4n) is 5.27. The highest BCUT2D eigenvalue weighted by Gasteiger charge is 2.31. The molecule has 0 bridgehead atoms. The summed E-state index contributed by atoms with van der Waals surface area (Å²) in [4.78, 5) is 4.60. The Morgan fingerprint density at radius 3 is 2.05 bits per heavy atom. The second kappa shape index (κ2) is 10.6. The molecule has 4 aromatic carbocycles. The molecule has 1 aromatic heterocycles. The summed E-state index contributed by atoms with van der Waals surface area (Å²) in [5.41, 5.74) is 5.87. The average molecular weight is 552 g/mol. The third-order valence-electron chi connectivity index (χ3n) is 7.32. The molecule has 5 aromatic rings. The molecular weight excluding hydrogens is 522 g/mol. The molecule has 1 unspecified atom stereocenters. The Hall–Kier alpha value is -4.40. The molecule has 0 fully saturated rings. The van der Waals surface area contributed by atoms with Gasteiger partial charge in [0.1, 0.15) is 11.5 Å². The lowest BCUT2D eigenvalue weighted by molar-refractivity contribution is 0.397. The van der Waals surface area contributed by atoms with Crippen LogP contribution in [0.1, 0.15) is 28.3 Å². The van der Waals surface area contributed by atoms with E-state index in [2.05, 4.69) is 21.7 Å². The standard InChI is InChI=1S/C32H29N3O4S/c1-38-26-14-10-23(11-15-26)20-34(21-24-12-16-27(39-2)17-13-24)40(36,37)28-7-5-6-25(18-28)32-30-9-4-3-8-29(30)31-19-33-22-35(31)32/h3-19,22,32H,20-21H2,1-2H3. The molecule has 1 aliphatic rings. The maximum Gasteiger partial charge on any atom is 0.243 e. The van der Waals surface area contributed by atoms with E-state index in [1.807, 2.05) is 79.0 Å². The summed E-state index contributed by atoms with van der Waals surface area (Å²) in [6, 6.07) is 30.2. The number of methoxy groups -OCH3 is 2. The van der Waals surface area contributed by atoms with E-state index in [-0.39, 0.29) is 24.0 Å². The summed E-state index contributed by atoms with van der Waals surface area (Å²) in [6.07, 6.45) is 3.66. The number of nitrogens with zero attached hydrogens (tertiary/aromatic N) is 3. The van der Waals surface area contributed by atoms with E-state index in [1.54, 1.807) is 32.7 Å². The van der Waals surface area contributed by atoms with Crippen LogP contribution in [0, 0.1) is 0 Å². The van der Waals surface area contributed by atoms with E-state index in [0.29, 0.717) is 0 Å². The molecule has 0 saturated carbocycles. The lowest BCUT2D eigenvalue weighted by Gasteiger charge is -2.24. The second-order valence-corrected chi connectivity index (χ2v) is 11.7. The van der Waals surface area contributed by atoms with E-state index in [4.69, 9.17) is 9.47 Å². The first-order valence-electron chi connectivity index (χ1n) is 12.9. The number of benzene rings is 4. The van der Waals surface area contributed by atoms with Crippen LogP contribution in [0.5, 0.6) is 11.5 Å². The summed E-state index contributed by atoms with van der Waals surface area (Å²) in [7, 11) is -0.658. The Morgan fingerprint density at radius 1 is 0.800 bits per heavy atom. The topological polar surface area (TPSA) is 73.7 Å². The summed E-state index contributed by atoms with van der Waals surface area (Å²) < 4.78 is 42.7. The van der Waals surface area contributed by atoms with Crippen molar-refractivity contribution in [2.24, 2.45) is 0 Å². The summed E-state index contributed by atoms with van der Waals surface area (Å²) in [5, 5.41) is 0. The zero-order chi connectivity index (χ0) is 27.7. The van der Waals surface area contributed by atoms with Crippen LogP contribution in [0.3, 0.4) is 0 Å². The predicted octanol–water partition coefficient (Wildman–Crippen LogP) is 5.91. The van der Waals surface area contributed by atoms with Gasteiger partial charge in [-0.05, 0) is 58.7 Å². The zero-order valence-electron chi connectivity index (χ0n) is 22.3. The van der Waals surface area contributed by atoms with Gasteiger partial charge in [0.25, 0.3) is 0 Å². The van der Waals surface area contributed by atoms with Gasteiger partial charge in [0.05, 0.1) is 43.4 Å². The highest BCUT2D eigenvalue weighted by molar-refractivity contribution is 7.89. The molecule has 2 heterocycles. The quantitative estimate of drug-likeness (QED) is 0.223. The van der Waals surface area contributed by atoms with E-state index >= 15 is 0 Å². The second-order valence-electron chi connectivity index (χ2n) is 9.72. The van der Waals surface area contributed by atoms with Crippen LogP contribution in [0.4, 0.5) is 0 Å². The van der Waals surface area contributed by atoms with Crippen LogP contribution < -0.4 is 9.47 Å². The molecule has 8 heteroatoms. The van der Waals surface area contributed by atoms with Crippen molar-refractivity contribution < 1.29 is 17.9 Å². The van der Waals surface area contributed by atoms with Crippen molar-refractivity contribution in [3.05, 3.63) is 132 Å². The fraction of sp³-hybridized carbons (Fsp3) is 0.156. The Kier molecular flexibility index (Phi) is 6.88. The monoisotopic (exact) mass is 551 g/mol. The maximum atomic E-state index is 14.3. The Labute approximate surface area is 234 Å². The summed E-state index contributed by atoms with van der Waals surface area (Å²) in [5.74, 6) is 1.44. The third kappa shape index (κ3) is 4.76. The van der Waals surface area contributed by atoms with Crippen molar-refractivity contribution in [2.75, 3.05) is 14.2 Å². The lowest BCUT2D eigenvalue weighted by Crippen LogP contribution is -2.30. The number of fused-ring (bicyclic) bond motifs is 3. The van der Waals surface area contributed by atoms with E-state index < -0.39 is 10.0 Å². The van der Waals surface area contributed by atoms with Crippen molar-refractivity contribution in [3.8, 4) is 22.8 Å². The SMILES string of the molecule is COc1ccc(CN(Cc2ccc(OC)cc2)S(=O)(=O)c2cccc(C3c4ccccc4-c4cncn43)c2)cc1. The van der Waals surface area contributed by atoms with Crippen LogP contribution in [0.2, 0.25) is 0 Å². The number of ether oxygens (including phenoxy) is 2. The van der Waals surface area contributed by atoms with Crippen molar-refractivity contribution in [2.45, 2.75) is 24.0 Å². The molecule has 40 heavy (non-hydrogen) atoms. The van der Waals surface area contributed by atoms with Crippen LogP contribution in [0.25, 0.3) is 11.3 Å². The van der Waals surface area contributed by atoms with E-state index in [0.717, 1.165) is 45.0 Å². The van der Waals surface area contributed by atoms with E-state index in [1.165, 1.54) is 4.31 Å². The normalized spacial score (nSPS) is 14.1. The minimum atomic E-state index is -3.88. The van der Waals surface area contributed by atoms with Crippen molar-refractivity contribution in [1.29, 1.82) is 0 Å². The molecule has 1 atom stereocenters. The van der Waals surface area contributed by atoms with Gasteiger partial charge in [-0.1, -0.05) is 60.7 Å². The van der Waals surface area contributed by atoms with Gasteiger partial charge in [0, 0.05) is 18.7 Å². The number of sulfonamides is 1. The average Bonchev–Trinajstić information content (AvgIpc) is 3.59. The first kappa shape index (κ1) is 25.9. The van der Waals surface area contributed by atoms with Gasteiger partial charge in [-0.15, -0.1) is 0 Å². The Bertz CT molecular complexity index is 1700. The molecule has 0 aliphatic carbocycles. The zero-order valence-corrected chi connectivity index (χ0v) is 23.1. The molecule has 7 nitrogen and oxygen atoms in total.